The molecule has 0 saturated heterocycles. The van der Waals surface area contributed by atoms with Gasteiger partial charge in [0.25, 0.3) is 0 Å². The third-order valence-electron chi connectivity index (χ3n) is 3.53. The molecule has 0 spiro atoms. The van der Waals surface area contributed by atoms with Gasteiger partial charge in [0.05, 0.1) is 5.56 Å². The highest BCUT2D eigenvalue weighted by molar-refractivity contribution is 5.89. The fraction of sp³-hybridized carbons (Fsp3) is 0.235. The molecule has 0 aromatic heterocycles. The summed E-state index contributed by atoms with van der Waals surface area (Å²) in [6.45, 7) is 4.38. The summed E-state index contributed by atoms with van der Waals surface area (Å²) in [5.74, 6) is -0.336. The van der Waals surface area contributed by atoms with E-state index in [1.165, 1.54) is 5.56 Å². The Morgan fingerprint density at radius 1 is 1.11 bits per heavy atom. The lowest BCUT2D eigenvalue weighted by molar-refractivity contribution is 0.0697. The summed E-state index contributed by atoms with van der Waals surface area (Å²) in [4.78, 5) is 11.0. The van der Waals surface area contributed by atoms with Gasteiger partial charge in [0.1, 0.15) is 0 Å². The first-order chi connectivity index (χ1) is 9.11. The van der Waals surface area contributed by atoms with Gasteiger partial charge in [-0.2, -0.15) is 0 Å². The van der Waals surface area contributed by atoms with Crippen molar-refractivity contribution in [1.29, 1.82) is 0 Å². The van der Waals surface area contributed by atoms with Crippen molar-refractivity contribution >= 4 is 5.97 Å². The van der Waals surface area contributed by atoms with Crippen LogP contribution in [0.2, 0.25) is 0 Å². The quantitative estimate of drug-likeness (QED) is 0.868. The van der Waals surface area contributed by atoms with Crippen LogP contribution in [-0.4, -0.2) is 11.1 Å². The lowest BCUT2D eigenvalue weighted by Crippen LogP contribution is -1.96. The smallest absolute Gasteiger partial charge is 0.335 e. The lowest BCUT2D eigenvalue weighted by Gasteiger charge is -2.10. The maximum atomic E-state index is 11.0. The largest absolute Gasteiger partial charge is 0.478 e. The van der Waals surface area contributed by atoms with Gasteiger partial charge in [-0.25, -0.2) is 4.79 Å². The van der Waals surface area contributed by atoms with Crippen molar-refractivity contribution < 1.29 is 9.90 Å². The molecule has 0 fully saturated rings. The topological polar surface area (TPSA) is 37.3 Å². The third kappa shape index (κ3) is 3.02. The molecule has 19 heavy (non-hydrogen) atoms. The van der Waals surface area contributed by atoms with E-state index in [4.69, 9.17) is 5.11 Å². The predicted octanol–water partition coefficient (Wildman–Crippen LogP) is 4.57. The van der Waals surface area contributed by atoms with Crippen LogP contribution in [-0.2, 0) is 0 Å². The van der Waals surface area contributed by atoms with Gasteiger partial charge in [-0.05, 0) is 41.2 Å². The number of rotatable bonds is 4. The molecule has 98 valence electrons. The van der Waals surface area contributed by atoms with Crippen LogP contribution in [0, 0.1) is 0 Å². The number of carbonyl (C=O) groups is 1. The van der Waals surface area contributed by atoms with E-state index in [0.717, 1.165) is 17.5 Å². The summed E-state index contributed by atoms with van der Waals surface area (Å²) in [6.07, 6.45) is 1.12. The van der Waals surface area contributed by atoms with E-state index in [2.05, 4.69) is 38.1 Å². The van der Waals surface area contributed by atoms with Gasteiger partial charge in [-0.3, -0.25) is 0 Å². The van der Waals surface area contributed by atoms with E-state index in [9.17, 15) is 4.79 Å². The second-order valence-electron chi connectivity index (χ2n) is 4.82. The average Bonchev–Trinajstić information content (AvgIpc) is 2.46. The van der Waals surface area contributed by atoms with Gasteiger partial charge in [-0.1, -0.05) is 50.2 Å². The molecule has 0 aliphatic rings. The van der Waals surface area contributed by atoms with Crippen molar-refractivity contribution in [2.75, 3.05) is 0 Å². The van der Waals surface area contributed by atoms with E-state index in [-0.39, 0.29) is 0 Å². The van der Waals surface area contributed by atoms with Crippen LogP contribution in [0.5, 0.6) is 0 Å². The highest BCUT2D eigenvalue weighted by Gasteiger charge is 2.06. The first-order valence-electron chi connectivity index (χ1n) is 6.55. The van der Waals surface area contributed by atoms with Gasteiger partial charge in [0, 0.05) is 0 Å². The van der Waals surface area contributed by atoms with Crippen molar-refractivity contribution in [2.24, 2.45) is 0 Å². The molecular weight excluding hydrogens is 236 g/mol. The molecule has 1 N–H and O–H groups in total. The van der Waals surface area contributed by atoms with E-state index >= 15 is 0 Å². The van der Waals surface area contributed by atoms with Gasteiger partial charge < -0.3 is 5.11 Å². The molecule has 0 heterocycles. The molecule has 2 nitrogen and oxygen atoms in total. The predicted molar refractivity (Wildman–Crippen MR) is 77.5 cm³/mol. The molecule has 2 heteroatoms. The molecule has 1 unspecified atom stereocenters. The maximum Gasteiger partial charge on any atom is 0.335 e. The molecule has 0 radical (unpaired) electrons. The maximum absolute atomic E-state index is 11.0. The van der Waals surface area contributed by atoms with Gasteiger partial charge >= 0.3 is 5.97 Å². The summed E-state index contributed by atoms with van der Waals surface area (Å²) in [5.41, 5.74) is 3.63. The Morgan fingerprint density at radius 2 is 1.79 bits per heavy atom. The monoisotopic (exact) mass is 254 g/mol. The molecule has 0 saturated carbocycles. The summed E-state index contributed by atoms with van der Waals surface area (Å²) in [6, 6.07) is 15.4. The molecule has 0 amide bonds. The molecule has 0 aliphatic carbocycles. The van der Waals surface area contributed by atoms with Crippen LogP contribution in [0.15, 0.2) is 48.5 Å². The average molecular weight is 254 g/mol. The summed E-state index contributed by atoms with van der Waals surface area (Å²) < 4.78 is 0. The minimum Gasteiger partial charge on any atom is -0.478 e. The van der Waals surface area contributed by atoms with Crippen LogP contribution < -0.4 is 0 Å². The Morgan fingerprint density at radius 3 is 2.37 bits per heavy atom. The zero-order valence-electron chi connectivity index (χ0n) is 11.3. The fourth-order valence-electron chi connectivity index (χ4n) is 2.07. The van der Waals surface area contributed by atoms with E-state index in [1.54, 1.807) is 18.2 Å². The molecule has 2 aromatic rings. The number of hydrogen-bond donors (Lipinski definition) is 1. The number of aromatic carboxylic acids is 1. The summed E-state index contributed by atoms with van der Waals surface area (Å²) in [7, 11) is 0. The van der Waals surface area contributed by atoms with Crippen molar-refractivity contribution in [3.8, 4) is 11.1 Å². The molecule has 0 bridgehead atoms. The first kappa shape index (κ1) is 13.3. The minimum absolute atomic E-state index is 0.323. The lowest BCUT2D eigenvalue weighted by atomic mass is 9.95. The van der Waals surface area contributed by atoms with Gasteiger partial charge in [-0.15, -0.1) is 0 Å². The standard InChI is InChI=1S/C17H18O2/c1-3-12(2)13-7-9-14(10-8-13)15-5-4-6-16(11-15)17(18)19/h4-12H,3H2,1-2H3,(H,18,19). The van der Waals surface area contributed by atoms with Crippen LogP contribution >= 0.6 is 0 Å². The van der Waals surface area contributed by atoms with E-state index in [0.29, 0.717) is 11.5 Å². The Hall–Kier alpha value is -2.09. The normalized spacial score (nSPS) is 12.1. The Labute approximate surface area is 113 Å². The second kappa shape index (κ2) is 5.70. The van der Waals surface area contributed by atoms with Gasteiger partial charge in [0.2, 0.25) is 0 Å². The van der Waals surface area contributed by atoms with Crippen LogP contribution in [0.4, 0.5) is 0 Å². The molecule has 0 aliphatic heterocycles. The van der Waals surface area contributed by atoms with Crippen molar-refractivity contribution in [1.82, 2.24) is 0 Å². The fourth-order valence-corrected chi connectivity index (χ4v) is 2.07. The second-order valence-corrected chi connectivity index (χ2v) is 4.82. The van der Waals surface area contributed by atoms with Crippen molar-refractivity contribution in [3.63, 3.8) is 0 Å². The number of carboxylic acid groups (broad SMARTS) is 1. The Balaban J connectivity index is 2.32. The molecule has 2 rings (SSSR count). The van der Waals surface area contributed by atoms with E-state index in [1.807, 2.05) is 6.07 Å². The Bertz CT molecular complexity index is 570. The SMILES string of the molecule is CCC(C)c1ccc(-c2cccc(C(=O)O)c2)cc1. The first-order valence-corrected chi connectivity index (χ1v) is 6.55. The zero-order valence-corrected chi connectivity index (χ0v) is 11.3. The number of carboxylic acids is 1. The minimum atomic E-state index is -0.891. The Kier molecular flexibility index (Phi) is 4.00. The third-order valence-corrected chi connectivity index (χ3v) is 3.53. The number of benzene rings is 2. The summed E-state index contributed by atoms with van der Waals surface area (Å²) >= 11 is 0. The molecular formula is C17H18O2. The van der Waals surface area contributed by atoms with Gasteiger partial charge in [0.15, 0.2) is 0 Å². The van der Waals surface area contributed by atoms with Crippen LogP contribution in [0.3, 0.4) is 0 Å². The molecule has 2 aromatic carbocycles. The highest BCUT2D eigenvalue weighted by Crippen LogP contribution is 2.24. The van der Waals surface area contributed by atoms with Crippen molar-refractivity contribution in [3.05, 3.63) is 59.7 Å². The van der Waals surface area contributed by atoms with Crippen LogP contribution in [0.1, 0.15) is 42.1 Å². The van der Waals surface area contributed by atoms with Crippen molar-refractivity contribution in [2.45, 2.75) is 26.2 Å². The van der Waals surface area contributed by atoms with Crippen LogP contribution in [0.25, 0.3) is 11.1 Å². The van der Waals surface area contributed by atoms with E-state index < -0.39 is 5.97 Å². The highest BCUT2D eigenvalue weighted by atomic mass is 16.4. The zero-order chi connectivity index (χ0) is 13.8. The summed E-state index contributed by atoms with van der Waals surface area (Å²) in [5, 5.41) is 9.00. The molecule has 1 atom stereocenters. The number of hydrogen-bond acceptors (Lipinski definition) is 1.